The first-order valence-corrected chi connectivity index (χ1v) is 14.5. The summed E-state index contributed by atoms with van der Waals surface area (Å²) in [6.45, 7) is 7.65. The van der Waals surface area contributed by atoms with Crippen molar-refractivity contribution >= 4 is 18.0 Å². The van der Waals surface area contributed by atoms with Gasteiger partial charge in [0.1, 0.15) is 24.1 Å². The molecule has 1 aliphatic heterocycles. The highest BCUT2D eigenvalue weighted by atomic mass is 32.2. The van der Waals surface area contributed by atoms with Crippen LogP contribution in [0, 0.1) is 17.0 Å². The molecule has 0 bridgehead atoms. The van der Waals surface area contributed by atoms with Gasteiger partial charge in [0.05, 0.1) is 30.6 Å². The van der Waals surface area contributed by atoms with Crippen LogP contribution in [0.3, 0.4) is 0 Å². The Labute approximate surface area is 243 Å². The second-order valence-corrected chi connectivity index (χ2v) is 12.2. The number of carbonyl (C=O) groups is 1. The first kappa shape index (κ1) is 30.9. The Morgan fingerprint density at radius 3 is 2.51 bits per heavy atom. The molecule has 2 heterocycles. The molecule has 4 rings (SSSR count). The van der Waals surface area contributed by atoms with Gasteiger partial charge in [-0.2, -0.15) is 5.10 Å². The molecule has 3 aromatic rings. The van der Waals surface area contributed by atoms with Crippen LogP contribution >= 0.6 is 11.9 Å². The molecule has 12 heteroatoms. The second kappa shape index (κ2) is 13.7. The first-order valence-electron chi connectivity index (χ1n) is 13.6. The summed E-state index contributed by atoms with van der Waals surface area (Å²) in [5.74, 6) is -0.692. The molecular formula is C29H37F3N6O2S. The van der Waals surface area contributed by atoms with Crippen LogP contribution in [-0.2, 0) is 11.3 Å². The Kier molecular flexibility index (Phi) is 10.3. The molecule has 8 nitrogen and oxygen atoms in total. The van der Waals surface area contributed by atoms with Crippen molar-refractivity contribution < 1.29 is 22.7 Å². The normalized spacial score (nSPS) is 15.5. The molecule has 1 aromatic heterocycles. The largest absolute Gasteiger partial charge is 0.378 e. The zero-order valence-electron chi connectivity index (χ0n) is 23.6. The van der Waals surface area contributed by atoms with Crippen LogP contribution in [0.2, 0.25) is 0 Å². The minimum absolute atomic E-state index is 0.0493. The summed E-state index contributed by atoms with van der Waals surface area (Å²) in [4.78, 5) is 20.1. The van der Waals surface area contributed by atoms with Gasteiger partial charge >= 0.3 is 6.03 Å². The van der Waals surface area contributed by atoms with Crippen LogP contribution in [-0.4, -0.2) is 75.6 Å². The fraction of sp³-hybridized carbons (Fsp3) is 0.483. The Bertz CT molecular complexity index is 1300. The summed E-state index contributed by atoms with van der Waals surface area (Å²) in [6, 6.07) is 11.9. The van der Waals surface area contributed by atoms with Crippen molar-refractivity contribution in [3.05, 3.63) is 71.6 Å². The third kappa shape index (κ3) is 8.02. The molecule has 2 atom stereocenters. The fourth-order valence-corrected chi connectivity index (χ4v) is 5.65. The Morgan fingerprint density at radius 2 is 1.85 bits per heavy atom. The lowest BCUT2D eigenvalue weighted by Crippen LogP contribution is -2.47. The maximum Gasteiger partial charge on any atom is 0.330 e. The van der Waals surface area contributed by atoms with E-state index in [1.54, 1.807) is 13.9 Å². The van der Waals surface area contributed by atoms with E-state index in [1.807, 2.05) is 51.1 Å². The number of carbonyl (C=O) groups excluding carboxylic acids is 1. The quantitative estimate of drug-likeness (QED) is 0.316. The highest BCUT2D eigenvalue weighted by Gasteiger charge is 2.37. The van der Waals surface area contributed by atoms with E-state index < -0.39 is 35.0 Å². The molecule has 1 saturated heterocycles. The lowest BCUT2D eigenvalue weighted by atomic mass is 9.91. The number of amides is 2. The van der Waals surface area contributed by atoms with Gasteiger partial charge in [0.15, 0.2) is 5.82 Å². The van der Waals surface area contributed by atoms with Crippen molar-refractivity contribution in [3.8, 4) is 11.4 Å². The molecule has 0 aliphatic carbocycles. The average molecular weight is 591 g/mol. The van der Waals surface area contributed by atoms with Crippen LogP contribution in [0.1, 0.15) is 43.8 Å². The average Bonchev–Trinajstić information content (AvgIpc) is 3.36. The lowest BCUT2D eigenvalue weighted by Gasteiger charge is -2.37. The van der Waals surface area contributed by atoms with E-state index in [0.29, 0.717) is 38.7 Å². The summed E-state index contributed by atoms with van der Waals surface area (Å²) in [6.07, 6.45) is 0.271. The predicted octanol–water partition coefficient (Wildman–Crippen LogP) is 5.45. The highest BCUT2D eigenvalue weighted by molar-refractivity contribution is 7.97. The van der Waals surface area contributed by atoms with Gasteiger partial charge in [-0.3, -0.25) is 4.31 Å². The van der Waals surface area contributed by atoms with E-state index in [0.717, 1.165) is 23.8 Å². The monoisotopic (exact) mass is 590 g/mol. The minimum atomic E-state index is -0.701. The van der Waals surface area contributed by atoms with E-state index in [9.17, 15) is 18.0 Å². The predicted molar refractivity (Wildman–Crippen MR) is 154 cm³/mol. The van der Waals surface area contributed by atoms with E-state index >= 15 is 0 Å². The van der Waals surface area contributed by atoms with Crippen LogP contribution in [0.5, 0.6) is 0 Å². The lowest BCUT2D eigenvalue weighted by molar-refractivity contribution is 0.0490. The van der Waals surface area contributed by atoms with Gasteiger partial charge in [-0.1, -0.05) is 51.1 Å². The van der Waals surface area contributed by atoms with Crippen LogP contribution in [0.15, 0.2) is 48.5 Å². The maximum atomic E-state index is 14.8. The van der Waals surface area contributed by atoms with Crippen LogP contribution < -0.4 is 5.73 Å². The molecule has 0 unspecified atom stereocenters. The molecule has 222 valence electrons. The van der Waals surface area contributed by atoms with Crippen molar-refractivity contribution in [1.82, 2.24) is 24.0 Å². The van der Waals surface area contributed by atoms with Crippen LogP contribution in [0.25, 0.3) is 11.4 Å². The number of urea groups is 1. The summed E-state index contributed by atoms with van der Waals surface area (Å²) >= 11 is 1.28. The number of halogens is 3. The second-order valence-electron chi connectivity index (χ2n) is 11.1. The molecule has 2 aromatic carbocycles. The molecule has 0 radical (unpaired) electrons. The Hall–Kier alpha value is -3.09. The van der Waals surface area contributed by atoms with Crippen molar-refractivity contribution in [1.29, 1.82) is 0 Å². The van der Waals surface area contributed by atoms with Gasteiger partial charge in [-0.05, 0) is 47.5 Å². The zero-order chi connectivity index (χ0) is 29.6. The number of nitrogens with two attached hydrogens (primary N) is 1. The number of hydrogen-bond donors (Lipinski definition) is 1. The first-order chi connectivity index (χ1) is 19.6. The number of alkyl halides is 1. The maximum absolute atomic E-state index is 14.8. The molecule has 0 saturated carbocycles. The van der Waals surface area contributed by atoms with Crippen molar-refractivity contribution in [2.75, 3.05) is 39.5 Å². The summed E-state index contributed by atoms with van der Waals surface area (Å²) in [5.41, 5.74) is 6.31. The number of rotatable bonds is 10. The van der Waals surface area contributed by atoms with Gasteiger partial charge in [-0.25, -0.2) is 27.6 Å². The number of benzene rings is 2. The number of morpholine rings is 1. The summed E-state index contributed by atoms with van der Waals surface area (Å²) < 4.78 is 50.9. The third-order valence-electron chi connectivity index (χ3n) is 6.69. The van der Waals surface area contributed by atoms with Gasteiger partial charge in [-0.15, -0.1) is 0 Å². The molecular weight excluding hydrogens is 553 g/mol. The zero-order valence-corrected chi connectivity index (χ0v) is 24.4. The van der Waals surface area contributed by atoms with Crippen molar-refractivity contribution in [3.63, 3.8) is 0 Å². The number of aromatic nitrogens is 3. The van der Waals surface area contributed by atoms with E-state index in [-0.39, 0.29) is 30.4 Å². The SMILES string of the molecule is CC(C)(C)[C@@H](SN(CC[C@H](N)CF)C(=O)N1CCOCC1)c1nc(-c2cc(F)ccc2F)nn1Cc1ccccc1. The highest BCUT2D eigenvalue weighted by Crippen LogP contribution is 2.45. The number of hydrogen-bond acceptors (Lipinski definition) is 6. The fourth-order valence-electron chi connectivity index (χ4n) is 4.39. The smallest absolute Gasteiger partial charge is 0.330 e. The number of nitrogens with zero attached hydrogens (tertiary/aromatic N) is 5. The van der Waals surface area contributed by atoms with Crippen molar-refractivity contribution in [2.24, 2.45) is 11.1 Å². The molecule has 0 spiro atoms. The molecule has 2 N–H and O–H groups in total. The molecule has 2 amide bonds. The van der Waals surface area contributed by atoms with Gasteiger partial charge in [0, 0.05) is 25.7 Å². The minimum Gasteiger partial charge on any atom is -0.378 e. The van der Waals surface area contributed by atoms with E-state index in [2.05, 4.69) is 5.10 Å². The molecule has 41 heavy (non-hydrogen) atoms. The van der Waals surface area contributed by atoms with Crippen LogP contribution in [0.4, 0.5) is 18.0 Å². The number of ether oxygens (including phenoxy) is 1. The third-order valence-corrected chi connectivity index (χ3v) is 8.42. The van der Waals surface area contributed by atoms with E-state index in [4.69, 9.17) is 15.5 Å². The van der Waals surface area contributed by atoms with Gasteiger partial charge in [0.25, 0.3) is 0 Å². The standard InChI is InChI=1S/C29H37F3N6O2S/c1-29(2,3)25(41-38(12-11-22(33)18-30)28(39)36-13-15-40-16-14-36)27-34-26(23-17-21(31)9-10-24(23)32)35-37(27)19-20-7-5-4-6-8-20/h4-10,17,22,25H,11-16,18-19,33H2,1-3H3/t22-,25-/m0/s1. The Balaban J connectivity index is 1.76. The topological polar surface area (TPSA) is 89.5 Å². The van der Waals surface area contributed by atoms with Crippen molar-refractivity contribution in [2.45, 2.75) is 45.0 Å². The Morgan fingerprint density at radius 1 is 1.15 bits per heavy atom. The summed E-state index contributed by atoms with van der Waals surface area (Å²) in [5, 5.41) is 4.18. The summed E-state index contributed by atoms with van der Waals surface area (Å²) in [7, 11) is 0. The van der Waals surface area contributed by atoms with Gasteiger partial charge < -0.3 is 15.4 Å². The molecule has 1 aliphatic rings. The van der Waals surface area contributed by atoms with Gasteiger partial charge in [0.2, 0.25) is 0 Å². The molecule has 1 fully saturated rings. The van der Waals surface area contributed by atoms with E-state index in [1.165, 1.54) is 11.9 Å².